The zero-order chi connectivity index (χ0) is 9.68. The minimum absolute atomic E-state index is 0.918. The van der Waals surface area contributed by atoms with Gasteiger partial charge in [0.2, 0.25) is 0 Å². The summed E-state index contributed by atoms with van der Waals surface area (Å²) in [5.74, 6) is 0.918. The van der Waals surface area contributed by atoms with E-state index in [4.69, 9.17) is 4.74 Å². The fourth-order valence-corrected chi connectivity index (χ4v) is 1.29. The molecule has 0 aromatic heterocycles. The number of hydrogen-bond donors (Lipinski definition) is 0. The normalized spacial score (nSPS) is 11.5. The first-order chi connectivity index (χ1) is 6.27. The molecular formula is C12H16O. The van der Waals surface area contributed by atoms with Crippen molar-refractivity contribution in [1.29, 1.82) is 0 Å². The van der Waals surface area contributed by atoms with Gasteiger partial charge in [-0.05, 0) is 36.6 Å². The second-order valence-electron chi connectivity index (χ2n) is 3.03. The molecule has 0 saturated heterocycles. The third kappa shape index (κ3) is 2.62. The maximum atomic E-state index is 5.16. The zero-order valence-electron chi connectivity index (χ0n) is 8.50. The highest BCUT2D eigenvalue weighted by molar-refractivity contribution is 5.64. The standard InChI is InChI=1S/C12H16O/c1-4-6-10(2)11-7-5-8-12(9-11)13-3/h5-9H,4H2,1-3H3/b10-6+. The maximum absolute atomic E-state index is 5.16. The van der Waals surface area contributed by atoms with E-state index in [1.54, 1.807) is 7.11 Å². The van der Waals surface area contributed by atoms with Crippen molar-refractivity contribution in [2.75, 3.05) is 7.11 Å². The Hall–Kier alpha value is -1.24. The number of rotatable bonds is 3. The van der Waals surface area contributed by atoms with Crippen LogP contribution in [0.1, 0.15) is 25.8 Å². The molecule has 1 rings (SSSR count). The Balaban J connectivity index is 2.94. The van der Waals surface area contributed by atoms with Crippen molar-refractivity contribution >= 4 is 5.57 Å². The first-order valence-electron chi connectivity index (χ1n) is 4.59. The van der Waals surface area contributed by atoms with Gasteiger partial charge in [-0.15, -0.1) is 0 Å². The van der Waals surface area contributed by atoms with Crippen LogP contribution in [0.5, 0.6) is 5.75 Å². The molecule has 0 aliphatic rings. The lowest BCUT2D eigenvalue weighted by Gasteiger charge is -2.04. The third-order valence-corrected chi connectivity index (χ3v) is 2.04. The minimum atomic E-state index is 0.918. The van der Waals surface area contributed by atoms with E-state index in [9.17, 15) is 0 Å². The summed E-state index contributed by atoms with van der Waals surface area (Å²) in [5, 5.41) is 0. The summed E-state index contributed by atoms with van der Waals surface area (Å²) in [4.78, 5) is 0. The predicted octanol–water partition coefficient (Wildman–Crippen LogP) is 3.51. The van der Waals surface area contributed by atoms with E-state index in [1.165, 1.54) is 11.1 Å². The second-order valence-corrected chi connectivity index (χ2v) is 3.03. The van der Waals surface area contributed by atoms with Crippen molar-refractivity contribution in [1.82, 2.24) is 0 Å². The Bertz CT molecular complexity index is 300. The lowest BCUT2D eigenvalue weighted by Crippen LogP contribution is -1.84. The monoisotopic (exact) mass is 176 g/mol. The largest absolute Gasteiger partial charge is 0.497 e. The molecular weight excluding hydrogens is 160 g/mol. The zero-order valence-corrected chi connectivity index (χ0v) is 8.50. The van der Waals surface area contributed by atoms with Gasteiger partial charge in [-0.3, -0.25) is 0 Å². The van der Waals surface area contributed by atoms with Gasteiger partial charge in [0, 0.05) is 0 Å². The molecule has 0 saturated carbocycles. The summed E-state index contributed by atoms with van der Waals surface area (Å²) in [6.45, 7) is 4.27. The van der Waals surface area contributed by atoms with Gasteiger partial charge < -0.3 is 4.74 Å². The molecule has 0 aliphatic carbocycles. The van der Waals surface area contributed by atoms with Crippen molar-refractivity contribution in [3.05, 3.63) is 35.9 Å². The molecule has 0 fully saturated rings. The van der Waals surface area contributed by atoms with Gasteiger partial charge in [-0.25, -0.2) is 0 Å². The highest BCUT2D eigenvalue weighted by Gasteiger charge is 1.96. The van der Waals surface area contributed by atoms with Crippen molar-refractivity contribution in [2.45, 2.75) is 20.3 Å². The summed E-state index contributed by atoms with van der Waals surface area (Å²) >= 11 is 0. The molecule has 1 nitrogen and oxygen atoms in total. The Morgan fingerprint density at radius 2 is 2.23 bits per heavy atom. The maximum Gasteiger partial charge on any atom is 0.119 e. The quantitative estimate of drug-likeness (QED) is 0.684. The lowest BCUT2D eigenvalue weighted by atomic mass is 10.1. The average Bonchev–Trinajstić information content (AvgIpc) is 2.18. The van der Waals surface area contributed by atoms with Gasteiger partial charge in [0.05, 0.1) is 7.11 Å². The molecule has 0 amide bonds. The summed E-state index contributed by atoms with van der Waals surface area (Å²) in [6, 6.07) is 8.13. The molecule has 1 heteroatoms. The average molecular weight is 176 g/mol. The van der Waals surface area contributed by atoms with Crippen LogP contribution < -0.4 is 4.74 Å². The molecule has 70 valence electrons. The topological polar surface area (TPSA) is 9.23 Å². The number of methoxy groups -OCH3 is 1. The van der Waals surface area contributed by atoms with Gasteiger partial charge in [-0.2, -0.15) is 0 Å². The van der Waals surface area contributed by atoms with Crippen LogP contribution in [0.2, 0.25) is 0 Å². The van der Waals surface area contributed by atoms with E-state index >= 15 is 0 Å². The Morgan fingerprint density at radius 3 is 2.85 bits per heavy atom. The van der Waals surface area contributed by atoms with Crippen molar-refractivity contribution in [2.24, 2.45) is 0 Å². The molecule has 0 unspecified atom stereocenters. The van der Waals surface area contributed by atoms with Gasteiger partial charge >= 0.3 is 0 Å². The van der Waals surface area contributed by atoms with Crippen LogP contribution in [0, 0.1) is 0 Å². The Labute approximate surface area is 80.0 Å². The molecule has 0 spiro atoms. The predicted molar refractivity (Wildman–Crippen MR) is 56.9 cm³/mol. The molecule has 0 heterocycles. The van der Waals surface area contributed by atoms with E-state index in [-0.39, 0.29) is 0 Å². The molecule has 1 aromatic rings. The summed E-state index contributed by atoms with van der Waals surface area (Å²) in [7, 11) is 1.69. The third-order valence-electron chi connectivity index (χ3n) is 2.04. The molecule has 0 radical (unpaired) electrons. The van der Waals surface area contributed by atoms with Crippen LogP contribution in [0.25, 0.3) is 5.57 Å². The fourth-order valence-electron chi connectivity index (χ4n) is 1.29. The summed E-state index contributed by atoms with van der Waals surface area (Å²) in [6.07, 6.45) is 3.29. The van der Waals surface area contributed by atoms with Crippen LogP contribution >= 0.6 is 0 Å². The van der Waals surface area contributed by atoms with Gasteiger partial charge in [0.15, 0.2) is 0 Å². The molecule has 1 aromatic carbocycles. The smallest absolute Gasteiger partial charge is 0.119 e. The number of ether oxygens (including phenoxy) is 1. The Morgan fingerprint density at radius 1 is 1.46 bits per heavy atom. The van der Waals surface area contributed by atoms with Crippen molar-refractivity contribution in [3.8, 4) is 5.75 Å². The lowest BCUT2D eigenvalue weighted by molar-refractivity contribution is 0.414. The molecule has 0 aliphatic heterocycles. The molecule has 0 bridgehead atoms. The van der Waals surface area contributed by atoms with Gasteiger partial charge in [0.25, 0.3) is 0 Å². The number of allylic oxidation sites excluding steroid dienone is 2. The van der Waals surface area contributed by atoms with E-state index in [1.807, 2.05) is 12.1 Å². The van der Waals surface area contributed by atoms with Crippen LogP contribution in [0.3, 0.4) is 0 Å². The number of benzene rings is 1. The molecule has 0 atom stereocenters. The SMILES string of the molecule is CC/C=C(\C)c1cccc(OC)c1. The van der Waals surface area contributed by atoms with Crippen LogP contribution in [-0.4, -0.2) is 7.11 Å². The van der Waals surface area contributed by atoms with E-state index in [0.29, 0.717) is 0 Å². The summed E-state index contributed by atoms with van der Waals surface area (Å²) < 4.78 is 5.16. The first kappa shape index (κ1) is 9.85. The Kier molecular flexibility index (Phi) is 3.56. The van der Waals surface area contributed by atoms with Gasteiger partial charge in [-0.1, -0.05) is 25.1 Å². The van der Waals surface area contributed by atoms with Crippen molar-refractivity contribution in [3.63, 3.8) is 0 Å². The highest BCUT2D eigenvalue weighted by atomic mass is 16.5. The fraction of sp³-hybridized carbons (Fsp3) is 0.333. The molecule has 0 N–H and O–H groups in total. The highest BCUT2D eigenvalue weighted by Crippen LogP contribution is 2.19. The number of hydrogen-bond acceptors (Lipinski definition) is 1. The van der Waals surface area contributed by atoms with Crippen molar-refractivity contribution < 1.29 is 4.74 Å². The van der Waals surface area contributed by atoms with E-state index in [2.05, 4.69) is 32.1 Å². The van der Waals surface area contributed by atoms with E-state index < -0.39 is 0 Å². The molecule has 13 heavy (non-hydrogen) atoms. The van der Waals surface area contributed by atoms with Crippen LogP contribution in [0.15, 0.2) is 30.3 Å². The van der Waals surface area contributed by atoms with Crippen LogP contribution in [0.4, 0.5) is 0 Å². The minimum Gasteiger partial charge on any atom is -0.497 e. The summed E-state index contributed by atoms with van der Waals surface area (Å²) in [5.41, 5.74) is 2.54. The van der Waals surface area contributed by atoms with Gasteiger partial charge in [0.1, 0.15) is 5.75 Å². The first-order valence-corrected chi connectivity index (χ1v) is 4.59. The van der Waals surface area contributed by atoms with E-state index in [0.717, 1.165) is 12.2 Å². The second kappa shape index (κ2) is 4.70. The van der Waals surface area contributed by atoms with Crippen LogP contribution in [-0.2, 0) is 0 Å².